The highest BCUT2D eigenvalue weighted by Gasteiger charge is 2.74. The summed E-state index contributed by atoms with van der Waals surface area (Å²) < 4.78 is 6.46. The first-order valence-corrected chi connectivity index (χ1v) is 20.8. The third-order valence-corrected chi connectivity index (χ3v) is 16.9. The molecule has 7 aliphatic rings. The summed E-state index contributed by atoms with van der Waals surface area (Å²) in [4.78, 5) is 14.2. The molecule has 5 aliphatic carbocycles. The minimum Gasteiger partial charge on any atom is -0.393 e. The maximum atomic E-state index is 14.2. The standard InChI is InChI=1S/C42H70N2O6/c1-6-17-41(48,36-35(50-36)39(5,47)37(2,3)18-12-26-16-22-44-34(43)23-26)33-15-21-42(49)30-25-32(46)31-24-28(45)13-20-40(31,27-10-8-7-9-11-27)29(30)14-19-38(33,42)4/h25-29,31,33-36,44-45,47-49H,6-24,43H2,1-5H3. The van der Waals surface area contributed by atoms with Crippen LogP contribution in [-0.4, -0.2) is 74.0 Å². The lowest BCUT2D eigenvalue weighted by atomic mass is 9.41. The van der Waals surface area contributed by atoms with Crippen molar-refractivity contribution in [3.05, 3.63) is 11.6 Å². The summed E-state index contributed by atoms with van der Waals surface area (Å²) in [6.07, 6.45) is 16.6. The van der Waals surface area contributed by atoms with Crippen molar-refractivity contribution in [1.29, 1.82) is 0 Å². The summed E-state index contributed by atoms with van der Waals surface area (Å²) in [7, 11) is 0. The average molecular weight is 699 g/mol. The molecule has 7 N–H and O–H groups in total. The number of aliphatic hydroxyl groups is 4. The molecule has 0 aromatic heterocycles. The number of ether oxygens (including phenoxy) is 1. The average Bonchev–Trinajstić information content (AvgIpc) is 3.85. The van der Waals surface area contributed by atoms with E-state index in [1.807, 2.05) is 13.0 Å². The molecule has 0 aromatic carbocycles. The fourth-order valence-corrected chi connectivity index (χ4v) is 13.6. The number of rotatable bonds is 10. The quantitative estimate of drug-likeness (QED) is 0.154. The zero-order chi connectivity index (χ0) is 35.9. The van der Waals surface area contributed by atoms with Crippen molar-refractivity contribution < 1.29 is 30.0 Å². The number of nitrogens with two attached hydrogens (primary N) is 1. The number of aliphatic hydroxyl groups excluding tert-OH is 1. The highest BCUT2D eigenvalue weighted by Crippen LogP contribution is 2.72. The number of nitrogens with one attached hydrogen (secondary N) is 1. The zero-order valence-electron chi connectivity index (χ0n) is 31.9. The van der Waals surface area contributed by atoms with Gasteiger partial charge < -0.3 is 36.2 Å². The third kappa shape index (κ3) is 5.66. The van der Waals surface area contributed by atoms with Crippen LogP contribution in [0.25, 0.3) is 0 Å². The van der Waals surface area contributed by atoms with Crippen LogP contribution in [0.3, 0.4) is 0 Å². The Labute approximate surface area is 301 Å². The summed E-state index contributed by atoms with van der Waals surface area (Å²) in [5.41, 5.74) is 2.36. The molecule has 2 saturated heterocycles. The molecular formula is C42H70N2O6. The highest BCUT2D eigenvalue weighted by atomic mass is 16.6. The van der Waals surface area contributed by atoms with Crippen LogP contribution in [0.15, 0.2) is 11.6 Å². The van der Waals surface area contributed by atoms with Gasteiger partial charge >= 0.3 is 0 Å². The summed E-state index contributed by atoms with van der Waals surface area (Å²) in [5, 5.41) is 52.5. The van der Waals surface area contributed by atoms with Gasteiger partial charge in [0, 0.05) is 11.3 Å². The molecule has 0 aromatic rings. The van der Waals surface area contributed by atoms with E-state index >= 15 is 0 Å². The first-order valence-electron chi connectivity index (χ1n) is 20.8. The first kappa shape index (κ1) is 37.4. The Bertz CT molecular complexity index is 1310. The van der Waals surface area contributed by atoms with Gasteiger partial charge in [0.15, 0.2) is 5.78 Å². The number of fused-ring (bicyclic) bond motifs is 5. The lowest BCUT2D eigenvalue weighted by molar-refractivity contribution is -0.168. The predicted molar refractivity (Wildman–Crippen MR) is 195 cm³/mol. The fraction of sp³-hybridized carbons (Fsp3) is 0.929. The molecular weight excluding hydrogens is 628 g/mol. The Hall–Kier alpha value is -0.870. The minimum absolute atomic E-state index is 0.0383. The van der Waals surface area contributed by atoms with E-state index in [4.69, 9.17) is 10.5 Å². The van der Waals surface area contributed by atoms with Crippen LogP contribution in [0.5, 0.6) is 0 Å². The number of epoxide rings is 1. The SMILES string of the molecule is CCCC(O)(C1OC1C(C)(O)C(C)(C)CCC1CCNC(N)C1)C1CCC2(O)C3=CC(=O)C4CC(O)CCC4(C4CCCCC4)C3CCC12C. The second-order valence-electron chi connectivity index (χ2n) is 19.6. The number of allylic oxidation sites excluding steroid dienone is 1. The van der Waals surface area contributed by atoms with Gasteiger partial charge in [-0.3, -0.25) is 4.79 Å². The van der Waals surface area contributed by atoms with Gasteiger partial charge in [-0.1, -0.05) is 53.4 Å². The lowest BCUT2D eigenvalue weighted by Crippen LogP contribution is -2.63. The van der Waals surface area contributed by atoms with E-state index in [-0.39, 0.29) is 35.1 Å². The van der Waals surface area contributed by atoms with Crippen LogP contribution in [0.1, 0.15) is 150 Å². The molecule has 8 nitrogen and oxygen atoms in total. The van der Waals surface area contributed by atoms with E-state index < -0.39 is 45.9 Å². The van der Waals surface area contributed by atoms with Crippen LogP contribution in [0.2, 0.25) is 0 Å². The summed E-state index contributed by atoms with van der Waals surface area (Å²) in [6.45, 7) is 11.4. The van der Waals surface area contributed by atoms with Crippen molar-refractivity contribution >= 4 is 5.78 Å². The van der Waals surface area contributed by atoms with Gasteiger partial charge in [0.25, 0.3) is 0 Å². The van der Waals surface area contributed by atoms with Crippen LogP contribution < -0.4 is 11.1 Å². The molecule has 13 atom stereocenters. The van der Waals surface area contributed by atoms with E-state index in [0.29, 0.717) is 37.5 Å². The van der Waals surface area contributed by atoms with Crippen molar-refractivity contribution in [1.82, 2.24) is 5.32 Å². The van der Waals surface area contributed by atoms with Crippen LogP contribution in [0.4, 0.5) is 0 Å². The van der Waals surface area contributed by atoms with Crippen molar-refractivity contribution in [3.8, 4) is 0 Å². The largest absolute Gasteiger partial charge is 0.393 e. The number of hydrogen-bond donors (Lipinski definition) is 6. The molecule has 13 unspecified atom stereocenters. The van der Waals surface area contributed by atoms with E-state index in [9.17, 15) is 25.2 Å². The van der Waals surface area contributed by atoms with Gasteiger partial charge in [0.2, 0.25) is 0 Å². The number of carbonyl (C=O) groups is 1. The van der Waals surface area contributed by atoms with Gasteiger partial charge in [-0.05, 0) is 150 Å². The second-order valence-corrected chi connectivity index (χ2v) is 19.6. The van der Waals surface area contributed by atoms with Gasteiger partial charge in [-0.2, -0.15) is 0 Å². The highest BCUT2D eigenvalue weighted by molar-refractivity contribution is 5.95. The lowest BCUT2D eigenvalue weighted by Gasteiger charge is -2.63. The van der Waals surface area contributed by atoms with E-state index in [2.05, 4.69) is 33.0 Å². The topological polar surface area (TPSA) is 149 Å². The van der Waals surface area contributed by atoms with Crippen LogP contribution >= 0.6 is 0 Å². The monoisotopic (exact) mass is 699 g/mol. The molecule has 2 heterocycles. The summed E-state index contributed by atoms with van der Waals surface area (Å²) >= 11 is 0. The molecule has 4 saturated carbocycles. The zero-order valence-corrected chi connectivity index (χ0v) is 31.9. The number of carbonyl (C=O) groups excluding carboxylic acids is 1. The first-order chi connectivity index (χ1) is 23.5. The molecule has 2 aliphatic heterocycles. The molecule has 8 heteroatoms. The summed E-state index contributed by atoms with van der Waals surface area (Å²) in [5.74, 6) is 0.847. The molecule has 0 spiro atoms. The molecule has 0 radical (unpaired) electrons. The fourth-order valence-electron chi connectivity index (χ4n) is 13.6. The van der Waals surface area contributed by atoms with E-state index in [1.165, 1.54) is 19.3 Å². The maximum Gasteiger partial charge on any atom is 0.159 e. The molecule has 6 fully saturated rings. The van der Waals surface area contributed by atoms with Crippen molar-refractivity contribution in [2.45, 2.75) is 191 Å². The van der Waals surface area contributed by atoms with E-state index in [0.717, 1.165) is 82.7 Å². The van der Waals surface area contributed by atoms with Crippen LogP contribution in [-0.2, 0) is 9.53 Å². The second kappa shape index (κ2) is 13.2. The Balaban J connectivity index is 1.15. The van der Waals surface area contributed by atoms with Gasteiger partial charge in [0.05, 0.1) is 29.1 Å². The normalized spacial score (nSPS) is 46.2. The van der Waals surface area contributed by atoms with Crippen molar-refractivity contribution in [2.24, 2.45) is 51.6 Å². The maximum absolute atomic E-state index is 14.2. The van der Waals surface area contributed by atoms with Crippen molar-refractivity contribution in [3.63, 3.8) is 0 Å². The van der Waals surface area contributed by atoms with Gasteiger partial charge in [-0.15, -0.1) is 0 Å². The number of hydrogen-bond acceptors (Lipinski definition) is 8. The Morgan fingerprint density at radius 1 is 0.940 bits per heavy atom. The summed E-state index contributed by atoms with van der Waals surface area (Å²) in [6, 6.07) is 0. The third-order valence-electron chi connectivity index (χ3n) is 16.9. The molecule has 284 valence electrons. The van der Waals surface area contributed by atoms with Crippen molar-refractivity contribution in [2.75, 3.05) is 6.54 Å². The number of ketones is 1. The Morgan fingerprint density at radius 3 is 2.38 bits per heavy atom. The Morgan fingerprint density at radius 2 is 1.68 bits per heavy atom. The Kier molecular flexibility index (Phi) is 9.86. The van der Waals surface area contributed by atoms with Gasteiger partial charge in [-0.25, -0.2) is 0 Å². The van der Waals surface area contributed by atoms with Gasteiger partial charge in [0.1, 0.15) is 12.2 Å². The predicted octanol–water partition coefficient (Wildman–Crippen LogP) is 5.92. The molecule has 0 bridgehead atoms. The van der Waals surface area contributed by atoms with E-state index in [1.54, 1.807) is 0 Å². The molecule has 0 amide bonds. The number of piperidine rings is 1. The molecule has 7 rings (SSSR count). The minimum atomic E-state index is -1.20. The van der Waals surface area contributed by atoms with Crippen LogP contribution in [0, 0.1) is 45.8 Å². The smallest absolute Gasteiger partial charge is 0.159 e. The molecule has 50 heavy (non-hydrogen) atoms.